The van der Waals surface area contributed by atoms with Crippen molar-refractivity contribution >= 4 is 39.1 Å². The van der Waals surface area contributed by atoms with Crippen molar-refractivity contribution in [1.29, 1.82) is 0 Å². The normalized spacial score (nSPS) is 11.7. The van der Waals surface area contributed by atoms with Gasteiger partial charge in [-0.2, -0.15) is 0 Å². The summed E-state index contributed by atoms with van der Waals surface area (Å²) < 4.78 is 6.41. The van der Waals surface area contributed by atoms with E-state index in [4.69, 9.17) is 16.3 Å². The third-order valence-electron chi connectivity index (χ3n) is 3.88. The smallest absolute Gasteiger partial charge is 0.262 e. The SMILES string of the molecule is O=C(COc1ccc(Br)cc1)Nc1ccc(Cl)cc1[C@@H](O)c1ccccc1. The molecule has 4 nitrogen and oxygen atoms in total. The summed E-state index contributed by atoms with van der Waals surface area (Å²) in [6.07, 6.45) is -0.910. The van der Waals surface area contributed by atoms with Crippen molar-refractivity contribution < 1.29 is 14.6 Å². The second-order valence-electron chi connectivity index (χ2n) is 5.84. The van der Waals surface area contributed by atoms with Crippen LogP contribution in [0.5, 0.6) is 5.75 Å². The third kappa shape index (κ3) is 5.32. The summed E-state index contributed by atoms with van der Waals surface area (Å²) in [5.41, 5.74) is 1.72. The Morgan fingerprint density at radius 3 is 2.48 bits per heavy atom. The highest BCUT2D eigenvalue weighted by Gasteiger charge is 2.17. The van der Waals surface area contributed by atoms with Crippen molar-refractivity contribution in [1.82, 2.24) is 0 Å². The van der Waals surface area contributed by atoms with Crippen LogP contribution in [-0.2, 0) is 4.79 Å². The Labute approximate surface area is 170 Å². The van der Waals surface area contributed by atoms with Gasteiger partial charge in [0.25, 0.3) is 5.91 Å². The van der Waals surface area contributed by atoms with E-state index in [9.17, 15) is 9.90 Å². The van der Waals surface area contributed by atoms with Crippen LogP contribution in [0, 0.1) is 0 Å². The largest absolute Gasteiger partial charge is 0.484 e. The molecule has 138 valence electrons. The topological polar surface area (TPSA) is 58.6 Å². The molecule has 0 bridgehead atoms. The van der Waals surface area contributed by atoms with E-state index in [2.05, 4.69) is 21.2 Å². The van der Waals surface area contributed by atoms with Crippen LogP contribution in [0.3, 0.4) is 0 Å². The summed E-state index contributed by atoms with van der Waals surface area (Å²) in [6.45, 7) is -0.148. The number of benzene rings is 3. The summed E-state index contributed by atoms with van der Waals surface area (Å²) in [4.78, 5) is 12.3. The number of nitrogens with one attached hydrogen (secondary N) is 1. The van der Waals surface area contributed by atoms with E-state index in [0.717, 1.165) is 4.47 Å². The average Bonchev–Trinajstić information content (AvgIpc) is 2.69. The zero-order valence-corrected chi connectivity index (χ0v) is 16.6. The molecule has 2 N–H and O–H groups in total. The number of anilines is 1. The van der Waals surface area contributed by atoms with E-state index >= 15 is 0 Å². The first kappa shape index (κ1) is 19.4. The lowest BCUT2D eigenvalue weighted by Gasteiger charge is -2.17. The molecular weight excluding hydrogens is 430 g/mol. The van der Waals surface area contributed by atoms with Gasteiger partial charge in [-0.1, -0.05) is 57.9 Å². The van der Waals surface area contributed by atoms with E-state index in [1.807, 2.05) is 42.5 Å². The number of aliphatic hydroxyl groups is 1. The highest BCUT2D eigenvalue weighted by molar-refractivity contribution is 9.10. The van der Waals surface area contributed by atoms with Gasteiger partial charge in [-0.05, 0) is 48.0 Å². The van der Waals surface area contributed by atoms with Crippen LogP contribution < -0.4 is 10.1 Å². The van der Waals surface area contributed by atoms with Crippen LogP contribution in [0.2, 0.25) is 5.02 Å². The number of carbonyl (C=O) groups excluding carboxylic acids is 1. The number of aliphatic hydroxyl groups excluding tert-OH is 1. The van der Waals surface area contributed by atoms with Gasteiger partial charge in [-0.25, -0.2) is 0 Å². The maximum Gasteiger partial charge on any atom is 0.262 e. The zero-order valence-electron chi connectivity index (χ0n) is 14.2. The third-order valence-corrected chi connectivity index (χ3v) is 4.64. The van der Waals surface area contributed by atoms with Gasteiger partial charge < -0.3 is 15.2 Å². The van der Waals surface area contributed by atoms with Gasteiger partial charge >= 0.3 is 0 Å². The first-order valence-electron chi connectivity index (χ1n) is 8.23. The van der Waals surface area contributed by atoms with Crippen LogP contribution >= 0.6 is 27.5 Å². The number of rotatable bonds is 6. The molecule has 3 rings (SSSR count). The maximum atomic E-state index is 12.3. The molecule has 0 radical (unpaired) electrons. The molecule has 6 heteroatoms. The number of ether oxygens (including phenoxy) is 1. The van der Waals surface area contributed by atoms with Gasteiger partial charge in [-0.3, -0.25) is 4.79 Å². The molecule has 1 amide bonds. The molecule has 0 aliphatic rings. The van der Waals surface area contributed by atoms with Crippen molar-refractivity contribution in [3.63, 3.8) is 0 Å². The Morgan fingerprint density at radius 2 is 1.78 bits per heavy atom. The molecule has 3 aromatic rings. The average molecular weight is 447 g/mol. The highest BCUT2D eigenvalue weighted by atomic mass is 79.9. The lowest BCUT2D eigenvalue weighted by Crippen LogP contribution is -2.21. The molecule has 0 unspecified atom stereocenters. The monoisotopic (exact) mass is 445 g/mol. The van der Waals surface area contributed by atoms with Crippen LogP contribution in [0.1, 0.15) is 17.2 Å². The molecule has 1 atom stereocenters. The molecule has 27 heavy (non-hydrogen) atoms. The van der Waals surface area contributed by atoms with Crippen LogP contribution in [0.4, 0.5) is 5.69 Å². The predicted octanol–water partition coefficient (Wildman–Crippen LogP) is 5.20. The van der Waals surface area contributed by atoms with E-state index in [-0.39, 0.29) is 12.5 Å². The first-order valence-corrected chi connectivity index (χ1v) is 9.41. The Morgan fingerprint density at radius 1 is 1.07 bits per heavy atom. The maximum absolute atomic E-state index is 12.3. The molecular formula is C21H17BrClNO3. The fourth-order valence-electron chi connectivity index (χ4n) is 2.55. The fraction of sp³-hybridized carbons (Fsp3) is 0.0952. The summed E-state index contributed by atoms with van der Waals surface area (Å²) >= 11 is 9.43. The summed E-state index contributed by atoms with van der Waals surface area (Å²) in [6, 6.07) is 21.4. The Kier molecular flexibility index (Phi) is 6.50. The fourth-order valence-corrected chi connectivity index (χ4v) is 3.00. The minimum Gasteiger partial charge on any atom is -0.484 e. The molecule has 0 aliphatic carbocycles. The number of halogens is 2. The minimum absolute atomic E-state index is 0.148. The summed E-state index contributed by atoms with van der Waals surface area (Å²) in [5, 5.41) is 14.0. The second-order valence-corrected chi connectivity index (χ2v) is 7.19. The molecule has 0 spiro atoms. The number of hydrogen-bond acceptors (Lipinski definition) is 3. The number of amides is 1. The second kappa shape index (κ2) is 9.04. The van der Waals surface area contributed by atoms with Crippen LogP contribution in [0.15, 0.2) is 77.3 Å². The van der Waals surface area contributed by atoms with E-state index < -0.39 is 6.10 Å². The molecule has 0 aliphatic heterocycles. The lowest BCUT2D eigenvalue weighted by molar-refractivity contribution is -0.118. The van der Waals surface area contributed by atoms with Crippen molar-refractivity contribution in [2.24, 2.45) is 0 Å². The zero-order chi connectivity index (χ0) is 19.2. The minimum atomic E-state index is -0.910. The van der Waals surface area contributed by atoms with E-state index in [0.29, 0.717) is 27.6 Å². The van der Waals surface area contributed by atoms with Gasteiger partial charge in [0.15, 0.2) is 6.61 Å². The van der Waals surface area contributed by atoms with Gasteiger partial charge in [0.05, 0.1) is 0 Å². The molecule has 0 aromatic heterocycles. The quantitative estimate of drug-likeness (QED) is 0.547. The van der Waals surface area contributed by atoms with Crippen molar-refractivity contribution in [3.05, 3.63) is 93.4 Å². The summed E-state index contributed by atoms with van der Waals surface area (Å²) in [7, 11) is 0. The summed E-state index contributed by atoms with van der Waals surface area (Å²) in [5.74, 6) is 0.260. The molecule has 0 fully saturated rings. The number of hydrogen-bond donors (Lipinski definition) is 2. The number of carbonyl (C=O) groups is 1. The Balaban J connectivity index is 1.72. The van der Waals surface area contributed by atoms with Crippen LogP contribution in [0.25, 0.3) is 0 Å². The van der Waals surface area contributed by atoms with Crippen LogP contribution in [-0.4, -0.2) is 17.6 Å². The molecule has 0 saturated carbocycles. The van der Waals surface area contributed by atoms with Gasteiger partial charge in [-0.15, -0.1) is 0 Å². The predicted molar refractivity (Wildman–Crippen MR) is 110 cm³/mol. The molecule has 0 saturated heterocycles. The van der Waals surface area contributed by atoms with Crippen molar-refractivity contribution in [2.45, 2.75) is 6.10 Å². The van der Waals surface area contributed by atoms with Gasteiger partial charge in [0.2, 0.25) is 0 Å². The standard InChI is InChI=1S/C21H17BrClNO3/c22-15-6-9-17(10-7-15)27-13-20(25)24-19-11-8-16(23)12-18(19)21(26)14-4-2-1-3-5-14/h1-12,21,26H,13H2,(H,24,25)/t21-/m0/s1. The first-order chi connectivity index (χ1) is 13.0. The highest BCUT2D eigenvalue weighted by Crippen LogP contribution is 2.31. The Bertz CT molecular complexity index is 916. The molecule has 0 heterocycles. The van der Waals surface area contributed by atoms with E-state index in [1.165, 1.54) is 0 Å². The van der Waals surface area contributed by atoms with Crippen molar-refractivity contribution in [3.8, 4) is 5.75 Å². The van der Waals surface area contributed by atoms with E-state index in [1.54, 1.807) is 30.3 Å². The Hall–Kier alpha value is -2.34. The van der Waals surface area contributed by atoms with Crippen molar-refractivity contribution in [2.75, 3.05) is 11.9 Å². The van der Waals surface area contributed by atoms with Gasteiger partial charge in [0, 0.05) is 20.7 Å². The molecule has 3 aromatic carbocycles. The lowest BCUT2D eigenvalue weighted by atomic mass is 10.00. The van der Waals surface area contributed by atoms with Gasteiger partial charge in [0.1, 0.15) is 11.9 Å².